The van der Waals surface area contributed by atoms with Crippen LogP contribution in [-0.4, -0.2) is 25.0 Å². The van der Waals surface area contributed by atoms with Crippen molar-refractivity contribution >= 4 is 5.97 Å². The van der Waals surface area contributed by atoms with Gasteiger partial charge in [0.2, 0.25) is 0 Å². The molecule has 2 aromatic carbocycles. The van der Waals surface area contributed by atoms with Crippen LogP contribution in [0.1, 0.15) is 45.4 Å². The van der Waals surface area contributed by atoms with E-state index in [4.69, 9.17) is 18.9 Å². The molecule has 0 saturated heterocycles. The van der Waals surface area contributed by atoms with Crippen LogP contribution >= 0.6 is 0 Å². The predicted octanol–water partition coefficient (Wildman–Crippen LogP) is 5.40. The number of fused-ring (bicyclic) bond motifs is 1. The monoisotopic (exact) mass is 418 g/mol. The zero-order valence-electron chi connectivity index (χ0n) is 16.8. The molecule has 4 rings (SSSR count). The summed E-state index contributed by atoms with van der Waals surface area (Å²) < 4.78 is 51.5. The Kier molecular flexibility index (Phi) is 5.79. The summed E-state index contributed by atoms with van der Waals surface area (Å²) in [6.45, 7) is 2.02. The van der Waals surface area contributed by atoms with Gasteiger partial charge in [-0.1, -0.05) is 12.1 Å². The molecule has 160 valence electrons. The molecule has 2 aliphatic rings. The van der Waals surface area contributed by atoms with E-state index in [-0.39, 0.29) is 19.0 Å². The van der Waals surface area contributed by atoms with Crippen molar-refractivity contribution in [1.82, 2.24) is 0 Å². The average Bonchev–Trinajstić information content (AvgIpc) is 3.32. The van der Waals surface area contributed by atoms with E-state index in [1.165, 1.54) is 12.1 Å². The van der Waals surface area contributed by atoms with Gasteiger partial charge >= 0.3 is 5.97 Å². The molecule has 2 aromatic rings. The Balaban J connectivity index is 1.50. The smallest absolute Gasteiger partial charge is 0.305 e. The van der Waals surface area contributed by atoms with E-state index in [1.807, 2.05) is 0 Å². The number of esters is 1. The molecule has 7 heteroatoms. The number of hydrogen-bond donors (Lipinski definition) is 0. The molecular formula is C23H24F2O5. The van der Waals surface area contributed by atoms with Gasteiger partial charge in [-0.25, -0.2) is 8.78 Å². The van der Waals surface area contributed by atoms with Crippen molar-refractivity contribution in [3.05, 3.63) is 42.0 Å². The highest BCUT2D eigenvalue weighted by atomic mass is 19.1. The lowest BCUT2D eigenvalue weighted by Gasteiger charge is -2.21. The van der Waals surface area contributed by atoms with Crippen LogP contribution in [0.15, 0.2) is 30.3 Å². The molecule has 0 bridgehead atoms. The molecule has 0 amide bonds. The Labute approximate surface area is 173 Å². The van der Waals surface area contributed by atoms with Gasteiger partial charge in [-0.3, -0.25) is 4.79 Å². The molecule has 0 N–H and O–H groups in total. The third kappa shape index (κ3) is 4.06. The summed E-state index contributed by atoms with van der Waals surface area (Å²) in [7, 11) is 0. The van der Waals surface area contributed by atoms with Crippen LogP contribution in [-0.2, 0) is 9.53 Å². The van der Waals surface area contributed by atoms with Crippen molar-refractivity contribution in [2.24, 2.45) is 0 Å². The molecular weight excluding hydrogens is 394 g/mol. The van der Waals surface area contributed by atoms with Crippen molar-refractivity contribution in [1.29, 1.82) is 0 Å². The molecule has 1 heterocycles. The SMILES string of the molecule is CCOC(=O)CCCOc1c(F)cc(-c2cccc3c2OC2(CCCC2)O3)cc1F. The molecule has 1 aliphatic heterocycles. The third-order valence-corrected chi connectivity index (χ3v) is 5.31. The summed E-state index contributed by atoms with van der Waals surface area (Å²) >= 11 is 0. The first-order valence-corrected chi connectivity index (χ1v) is 10.3. The number of carbonyl (C=O) groups is 1. The van der Waals surface area contributed by atoms with E-state index in [9.17, 15) is 13.6 Å². The Morgan fingerprint density at radius 1 is 1.13 bits per heavy atom. The van der Waals surface area contributed by atoms with Gasteiger partial charge < -0.3 is 18.9 Å². The fraction of sp³-hybridized carbons (Fsp3) is 0.435. The van der Waals surface area contributed by atoms with Gasteiger partial charge in [-0.05, 0) is 49.9 Å². The van der Waals surface area contributed by atoms with Crippen LogP contribution in [0.5, 0.6) is 17.2 Å². The van der Waals surface area contributed by atoms with Gasteiger partial charge in [0, 0.05) is 24.8 Å². The lowest BCUT2D eigenvalue weighted by molar-refractivity contribution is -0.143. The van der Waals surface area contributed by atoms with Crippen molar-refractivity contribution in [3.8, 4) is 28.4 Å². The first kappa shape index (κ1) is 20.4. The minimum atomic E-state index is -0.812. The lowest BCUT2D eigenvalue weighted by Crippen LogP contribution is -2.34. The molecule has 1 saturated carbocycles. The van der Waals surface area contributed by atoms with Crippen molar-refractivity contribution in [3.63, 3.8) is 0 Å². The number of hydrogen-bond acceptors (Lipinski definition) is 5. The standard InChI is InChI=1S/C23H24F2O5/c1-2-27-20(26)9-6-12-28-22-17(24)13-15(14-18(22)25)16-7-5-8-19-21(16)30-23(29-19)10-3-4-11-23/h5,7-8,13-14H,2-4,6,9-12H2,1H3. The summed E-state index contributed by atoms with van der Waals surface area (Å²) in [4.78, 5) is 11.3. The second kappa shape index (κ2) is 8.50. The highest BCUT2D eigenvalue weighted by molar-refractivity contribution is 5.75. The maximum atomic E-state index is 14.6. The molecule has 5 nitrogen and oxygen atoms in total. The first-order valence-electron chi connectivity index (χ1n) is 10.3. The van der Waals surface area contributed by atoms with Crippen molar-refractivity contribution in [2.75, 3.05) is 13.2 Å². The van der Waals surface area contributed by atoms with Crippen molar-refractivity contribution in [2.45, 2.75) is 51.2 Å². The molecule has 30 heavy (non-hydrogen) atoms. The largest absolute Gasteiger partial charge is 0.488 e. The summed E-state index contributed by atoms with van der Waals surface area (Å²) in [5.41, 5.74) is 0.919. The van der Waals surface area contributed by atoms with Crippen molar-refractivity contribution < 1.29 is 32.5 Å². The Morgan fingerprint density at radius 2 is 1.87 bits per heavy atom. The van der Waals surface area contributed by atoms with Crippen LogP contribution in [0.4, 0.5) is 8.78 Å². The quantitative estimate of drug-likeness (QED) is 0.445. The first-order chi connectivity index (χ1) is 14.5. The summed E-state index contributed by atoms with van der Waals surface area (Å²) in [6.07, 6.45) is 4.07. The van der Waals surface area contributed by atoms with Gasteiger partial charge in [0.05, 0.1) is 13.2 Å². The number of rotatable bonds is 7. The second-order valence-corrected chi connectivity index (χ2v) is 7.48. The fourth-order valence-electron chi connectivity index (χ4n) is 3.93. The maximum absolute atomic E-state index is 14.6. The average molecular weight is 418 g/mol. The van der Waals surface area contributed by atoms with Gasteiger partial charge in [-0.2, -0.15) is 0 Å². The van der Waals surface area contributed by atoms with Gasteiger partial charge in [-0.15, -0.1) is 0 Å². The predicted molar refractivity (Wildman–Crippen MR) is 106 cm³/mol. The zero-order chi connectivity index (χ0) is 21.1. The van der Waals surface area contributed by atoms with Crippen LogP contribution in [0, 0.1) is 11.6 Å². The second-order valence-electron chi connectivity index (χ2n) is 7.48. The molecule has 1 aliphatic carbocycles. The fourth-order valence-corrected chi connectivity index (χ4v) is 3.93. The van der Waals surface area contributed by atoms with Crippen LogP contribution < -0.4 is 14.2 Å². The Bertz CT molecular complexity index is 914. The third-order valence-electron chi connectivity index (χ3n) is 5.31. The minimum Gasteiger partial charge on any atom is -0.488 e. The minimum absolute atomic E-state index is 0.00616. The topological polar surface area (TPSA) is 54.0 Å². The molecule has 1 spiro atoms. The van der Waals surface area contributed by atoms with Crippen LogP contribution in [0.2, 0.25) is 0 Å². The molecule has 0 atom stereocenters. The summed E-state index contributed by atoms with van der Waals surface area (Å²) in [6, 6.07) is 7.79. The summed E-state index contributed by atoms with van der Waals surface area (Å²) in [5.74, 6) is -1.99. The Hall–Kier alpha value is -2.83. The molecule has 1 fully saturated rings. The number of carbonyl (C=O) groups excluding carboxylic acids is 1. The Morgan fingerprint density at radius 3 is 2.57 bits per heavy atom. The molecule has 0 unspecified atom stereocenters. The number of benzene rings is 2. The van der Waals surface area contributed by atoms with E-state index in [0.717, 1.165) is 25.7 Å². The van der Waals surface area contributed by atoms with E-state index in [2.05, 4.69) is 0 Å². The van der Waals surface area contributed by atoms with Crippen LogP contribution in [0.25, 0.3) is 11.1 Å². The van der Waals surface area contributed by atoms with Gasteiger partial charge in [0.25, 0.3) is 5.79 Å². The number of ether oxygens (including phenoxy) is 4. The molecule has 0 aromatic heterocycles. The van der Waals surface area contributed by atoms with E-state index in [1.54, 1.807) is 25.1 Å². The van der Waals surface area contributed by atoms with E-state index >= 15 is 0 Å². The number of para-hydroxylation sites is 1. The highest BCUT2D eigenvalue weighted by Crippen LogP contribution is 2.51. The van der Waals surface area contributed by atoms with Gasteiger partial charge in [0.1, 0.15) is 0 Å². The zero-order valence-corrected chi connectivity index (χ0v) is 16.8. The normalized spacial score (nSPS) is 16.1. The van der Waals surface area contributed by atoms with Gasteiger partial charge in [0.15, 0.2) is 28.9 Å². The lowest BCUT2D eigenvalue weighted by atomic mass is 10.0. The maximum Gasteiger partial charge on any atom is 0.305 e. The molecule has 0 radical (unpaired) electrons. The van der Waals surface area contributed by atoms with Crippen LogP contribution in [0.3, 0.4) is 0 Å². The van der Waals surface area contributed by atoms with E-state index in [0.29, 0.717) is 35.7 Å². The number of halogens is 2. The highest BCUT2D eigenvalue weighted by Gasteiger charge is 2.45. The van der Waals surface area contributed by atoms with E-state index < -0.39 is 23.2 Å². The summed E-state index contributed by atoms with van der Waals surface area (Å²) in [5, 5.41) is 0.